The van der Waals surface area contributed by atoms with Gasteiger partial charge in [-0.3, -0.25) is 9.63 Å². The maximum Gasteiger partial charge on any atom is 0.337 e. The van der Waals surface area contributed by atoms with Crippen LogP contribution in [0.15, 0.2) is 36.4 Å². The predicted molar refractivity (Wildman–Crippen MR) is 201 cm³/mol. The minimum atomic E-state index is -2.52. The Kier molecular flexibility index (Phi) is 11.9. The van der Waals surface area contributed by atoms with Gasteiger partial charge in [-0.25, -0.2) is 37.4 Å². The van der Waals surface area contributed by atoms with E-state index in [1.807, 2.05) is 12.1 Å². The van der Waals surface area contributed by atoms with Crippen molar-refractivity contribution >= 4 is 33.9 Å². The maximum atomic E-state index is 13.5. The number of methoxy groups -OCH3 is 1. The molecule has 54 heavy (non-hydrogen) atoms. The number of benzene rings is 2. The molecule has 2 aliphatic carbocycles. The molecule has 0 bridgehead atoms. The third-order valence-electron chi connectivity index (χ3n) is 10.6. The Labute approximate surface area is 315 Å². The minimum absolute atomic E-state index is 0.0400. The summed E-state index contributed by atoms with van der Waals surface area (Å²) in [6, 6.07) is 10.8. The average Bonchev–Trinajstić information content (AvgIpc) is 3.67. The molecule has 9 nitrogen and oxygen atoms in total. The summed E-state index contributed by atoms with van der Waals surface area (Å²) in [4.78, 5) is 38.7. The van der Waals surface area contributed by atoms with Crippen LogP contribution in [0.4, 0.5) is 17.6 Å². The van der Waals surface area contributed by atoms with E-state index in [4.69, 9.17) is 19.5 Å². The van der Waals surface area contributed by atoms with E-state index in [0.717, 1.165) is 33.7 Å². The molecule has 0 spiro atoms. The van der Waals surface area contributed by atoms with Gasteiger partial charge in [0.2, 0.25) is 11.8 Å². The van der Waals surface area contributed by atoms with Crippen LogP contribution in [0, 0.1) is 11.8 Å². The average molecular weight is 758 g/mol. The van der Waals surface area contributed by atoms with Crippen molar-refractivity contribution in [3.05, 3.63) is 59.2 Å². The monoisotopic (exact) mass is 757 g/mol. The number of alkyl halides is 4. The highest BCUT2D eigenvalue weighted by Gasteiger charge is 2.37. The van der Waals surface area contributed by atoms with Crippen LogP contribution < -0.4 is 0 Å². The van der Waals surface area contributed by atoms with Gasteiger partial charge in [-0.1, -0.05) is 41.5 Å². The number of imidazole rings is 2. The van der Waals surface area contributed by atoms with Gasteiger partial charge in [0, 0.05) is 62.2 Å². The summed E-state index contributed by atoms with van der Waals surface area (Å²) in [7, 11) is 4.35. The van der Waals surface area contributed by atoms with Gasteiger partial charge in [0.1, 0.15) is 11.6 Å². The molecule has 6 rings (SSSR count). The number of halogens is 4. The first-order valence-corrected chi connectivity index (χ1v) is 18.8. The van der Waals surface area contributed by atoms with Gasteiger partial charge in [-0.05, 0) is 73.9 Å². The molecule has 296 valence electrons. The van der Waals surface area contributed by atoms with Gasteiger partial charge in [0.25, 0.3) is 5.91 Å². The largest absolute Gasteiger partial charge is 0.465 e. The van der Waals surface area contributed by atoms with Crippen molar-refractivity contribution in [2.45, 2.75) is 129 Å². The summed E-state index contributed by atoms with van der Waals surface area (Å²) in [6.45, 7) is 13.9. The Balaban J connectivity index is 0.000000208. The van der Waals surface area contributed by atoms with Crippen molar-refractivity contribution in [2.75, 3.05) is 21.3 Å². The van der Waals surface area contributed by atoms with E-state index >= 15 is 0 Å². The fourth-order valence-electron chi connectivity index (χ4n) is 7.50. The number of carbonyl (C=O) groups excluding carboxylic acids is 2. The molecule has 13 heteroatoms. The summed E-state index contributed by atoms with van der Waals surface area (Å²) in [6.07, 6.45) is 1.92. The highest BCUT2D eigenvalue weighted by atomic mass is 19.3. The Morgan fingerprint density at radius 1 is 0.722 bits per heavy atom. The van der Waals surface area contributed by atoms with E-state index in [-0.39, 0.29) is 54.3 Å². The molecule has 2 fully saturated rings. The fourth-order valence-corrected chi connectivity index (χ4v) is 7.50. The zero-order valence-electron chi connectivity index (χ0n) is 33.1. The first-order chi connectivity index (χ1) is 25.1. The van der Waals surface area contributed by atoms with Gasteiger partial charge in [0.15, 0.2) is 0 Å². The quantitative estimate of drug-likeness (QED) is 0.106. The Hall–Kier alpha value is -4.00. The SMILES string of the molecule is COC(=O)c1ccc2c(c1)nc(C(C)(C)C)n2CC1CCC(F)(F)CC1.CON(C)C(=O)c1ccc2c(c1)nc(C(C)(C)C)n2CC1CCC(F)(F)CC1. The third kappa shape index (κ3) is 9.44. The van der Waals surface area contributed by atoms with Crippen molar-refractivity contribution < 1.29 is 36.7 Å². The third-order valence-corrected chi connectivity index (χ3v) is 10.6. The molecule has 0 N–H and O–H groups in total. The first kappa shape index (κ1) is 41.2. The number of esters is 1. The van der Waals surface area contributed by atoms with Gasteiger partial charge in [0.05, 0.1) is 41.8 Å². The van der Waals surface area contributed by atoms with Gasteiger partial charge in [-0.15, -0.1) is 0 Å². The molecule has 0 unspecified atom stereocenters. The number of hydrogen-bond acceptors (Lipinski definition) is 6. The molecule has 0 saturated heterocycles. The molecule has 2 saturated carbocycles. The van der Waals surface area contributed by atoms with Gasteiger partial charge in [-0.2, -0.15) is 0 Å². The first-order valence-electron chi connectivity index (χ1n) is 18.8. The van der Waals surface area contributed by atoms with E-state index in [1.165, 1.54) is 19.3 Å². The lowest BCUT2D eigenvalue weighted by Gasteiger charge is -2.30. The van der Waals surface area contributed by atoms with Crippen molar-refractivity contribution in [1.29, 1.82) is 0 Å². The van der Waals surface area contributed by atoms with E-state index in [9.17, 15) is 27.2 Å². The van der Waals surface area contributed by atoms with Crippen LogP contribution in [0.3, 0.4) is 0 Å². The lowest BCUT2D eigenvalue weighted by molar-refractivity contribution is -0.0756. The standard InChI is InChI=1S/C21H29F2N3O2.C20H26F2N2O2/c1-20(2,3)19-24-16-12-15(18(27)25(4)28-5)6-7-17(16)26(19)13-14-8-10-21(22,23)11-9-14;1-19(2,3)18-23-15-11-14(17(25)26-4)5-6-16(15)24(18)12-13-7-9-20(21,22)10-8-13/h6-7,12,14H,8-11,13H2,1-5H3;5-6,11,13H,7-10,12H2,1-4H3. The number of aromatic nitrogens is 4. The van der Waals surface area contributed by atoms with Gasteiger partial charge >= 0.3 is 5.97 Å². The second kappa shape index (κ2) is 15.6. The molecular formula is C41H55F4N5O4. The number of fused-ring (bicyclic) bond motifs is 2. The highest BCUT2D eigenvalue weighted by molar-refractivity contribution is 5.97. The number of nitrogens with zero attached hydrogens (tertiary/aromatic N) is 5. The minimum Gasteiger partial charge on any atom is -0.465 e. The zero-order chi connectivity index (χ0) is 39.8. The molecule has 0 radical (unpaired) electrons. The van der Waals surface area contributed by atoms with Crippen LogP contribution in [0.2, 0.25) is 0 Å². The zero-order valence-corrected chi connectivity index (χ0v) is 33.1. The molecule has 1 amide bonds. The van der Waals surface area contributed by atoms with Crippen LogP contribution in [0.1, 0.15) is 125 Å². The van der Waals surface area contributed by atoms with Crippen LogP contribution in [0.5, 0.6) is 0 Å². The van der Waals surface area contributed by atoms with Crippen LogP contribution in [0.25, 0.3) is 22.1 Å². The number of rotatable bonds is 7. The Bertz CT molecular complexity index is 1950. The lowest BCUT2D eigenvalue weighted by Crippen LogP contribution is -2.28. The summed E-state index contributed by atoms with van der Waals surface area (Å²) in [5.74, 6) is -3.44. The van der Waals surface area contributed by atoms with Crippen molar-refractivity contribution in [3.63, 3.8) is 0 Å². The second-order valence-corrected chi connectivity index (χ2v) is 17.1. The second-order valence-electron chi connectivity index (χ2n) is 17.1. The summed E-state index contributed by atoms with van der Waals surface area (Å²) < 4.78 is 63.1. The highest BCUT2D eigenvalue weighted by Crippen LogP contribution is 2.40. The van der Waals surface area contributed by atoms with Crippen molar-refractivity contribution in [1.82, 2.24) is 24.2 Å². The molecule has 0 atom stereocenters. The number of carbonyl (C=O) groups is 2. The number of hydroxylamine groups is 2. The molecule has 0 aliphatic heterocycles. The Morgan fingerprint density at radius 2 is 1.11 bits per heavy atom. The molecule has 2 aliphatic rings. The summed E-state index contributed by atoms with van der Waals surface area (Å²) >= 11 is 0. The van der Waals surface area contributed by atoms with Crippen molar-refractivity contribution in [2.24, 2.45) is 11.8 Å². The van der Waals surface area contributed by atoms with Gasteiger partial charge < -0.3 is 13.9 Å². The normalized spacial score (nSPS) is 18.0. The Morgan fingerprint density at radius 3 is 1.48 bits per heavy atom. The number of ether oxygens (including phenoxy) is 1. The van der Waals surface area contributed by atoms with Crippen LogP contribution in [-0.2, 0) is 33.5 Å². The smallest absolute Gasteiger partial charge is 0.337 e. The van der Waals surface area contributed by atoms with Crippen LogP contribution >= 0.6 is 0 Å². The lowest BCUT2D eigenvalue weighted by atomic mass is 9.86. The number of amides is 1. The molecular weight excluding hydrogens is 702 g/mol. The fraction of sp³-hybridized carbons (Fsp3) is 0.610. The predicted octanol–water partition coefficient (Wildman–Crippen LogP) is 9.74. The summed E-state index contributed by atoms with van der Waals surface area (Å²) in [5, 5.41) is 1.17. The van der Waals surface area contributed by atoms with E-state index in [1.54, 1.807) is 31.3 Å². The van der Waals surface area contributed by atoms with E-state index in [2.05, 4.69) is 50.7 Å². The topological polar surface area (TPSA) is 91.5 Å². The maximum absolute atomic E-state index is 13.5. The molecule has 2 heterocycles. The summed E-state index contributed by atoms with van der Waals surface area (Å²) in [5.41, 5.74) is 3.90. The molecule has 2 aromatic carbocycles. The van der Waals surface area contributed by atoms with E-state index in [0.29, 0.717) is 49.9 Å². The van der Waals surface area contributed by atoms with Crippen LogP contribution in [-0.4, -0.2) is 69.2 Å². The van der Waals surface area contributed by atoms with E-state index < -0.39 is 17.8 Å². The van der Waals surface area contributed by atoms with Crippen molar-refractivity contribution in [3.8, 4) is 0 Å². The number of hydrogen-bond donors (Lipinski definition) is 0. The molecule has 2 aromatic heterocycles. The molecule has 4 aromatic rings.